The van der Waals surface area contributed by atoms with Crippen LogP contribution in [0.2, 0.25) is 0 Å². The van der Waals surface area contributed by atoms with Crippen molar-refractivity contribution in [3.05, 3.63) is 65.2 Å². The van der Waals surface area contributed by atoms with Crippen LogP contribution in [-0.2, 0) is 16.0 Å². The van der Waals surface area contributed by atoms with Crippen LogP contribution in [0, 0.1) is 6.92 Å². The fraction of sp³-hybridized carbons (Fsp3) is 0.375. The number of amides is 4. The minimum Gasteiger partial charge on any atom is -0.339 e. The second-order valence-corrected chi connectivity index (χ2v) is 8.01. The van der Waals surface area contributed by atoms with E-state index in [1.807, 2.05) is 67.3 Å². The second-order valence-electron chi connectivity index (χ2n) is 8.01. The Morgan fingerprint density at radius 3 is 2.26 bits per heavy atom. The smallest absolute Gasteiger partial charge is 0.317 e. The molecule has 1 aliphatic heterocycles. The van der Waals surface area contributed by atoms with Crippen LogP contribution in [0.25, 0.3) is 0 Å². The fourth-order valence-electron chi connectivity index (χ4n) is 3.60. The largest absolute Gasteiger partial charge is 0.339 e. The molecular weight excluding hydrogens is 392 g/mol. The van der Waals surface area contributed by atoms with Gasteiger partial charge < -0.3 is 20.4 Å². The molecule has 1 saturated heterocycles. The maximum absolute atomic E-state index is 12.7. The third-order valence-corrected chi connectivity index (χ3v) is 5.44. The first-order chi connectivity index (χ1) is 14.8. The number of nitrogens with zero attached hydrogens (tertiary/aromatic N) is 2. The van der Waals surface area contributed by atoms with Gasteiger partial charge in [-0.1, -0.05) is 42.0 Å². The third-order valence-electron chi connectivity index (χ3n) is 5.44. The van der Waals surface area contributed by atoms with Crippen molar-refractivity contribution in [1.82, 2.24) is 15.1 Å². The van der Waals surface area contributed by atoms with Crippen molar-refractivity contribution in [3.63, 3.8) is 0 Å². The average molecular weight is 423 g/mol. The van der Waals surface area contributed by atoms with Crippen molar-refractivity contribution in [2.45, 2.75) is 33.2 Å². The molecule has 1 aliphatic rings. The van der Waals surface area contributed by atoms with Crippen LogP contribution in [0.4, 0.5) is 10.5 Å². The summed E-state index contributed by atoms with van der Waals surface area (Å²) >= 11 is 0. The Kier molecular flexibility index (Phi) is 7.28. The molecule has 0 bridgehead atoms. The van der Waals surface area contributed by atoms with Gasteiger partial charge in [0, 0.05) is 38.8 Å². The molecule has 2 N–H and O–H groups in total. The zero-order valence-corrected chi connectivity index (χ0v) is 18.4. The molecule has 1 fully saturated rings. The number of rotatable bonds is 5. The lowest BCUT2D eigenvalue weighted by molar-refractivity contribution is -0.131. The van der Waals surface area contributed by atoms with Gasteiger partial charge in [0.1, 0.15) is 0 Å². The van der Waals surface area contributed by atoms with Crippen molar-refractivity contribution >= 4 is 23.5 Å². The SMILES string of the molecule is CC(=O)Nc1cccc(C(C)NC(=O)N2CCN(C(=O)Cc3ccc(C)cc3)CC2)c1. The summed E-state index contributed by atoms with van der Waals surface area (Å²) in [7, 11) is 0. The normalized spacial score (nSPS) is 14.7. The zero-order valence-electron chi connectivity index (χ0n) is 18.4. The Labute approximate surface area is 183 Å². The number of hydrogen-bond donors (Lipinski definition) is 2. The molecule has 164 valence electrons. The van der Waals surface area contributed by atoms with E-state index in [1.165, 1.54) is 12.5 Å². The molecule has 0 saturated carbocycles. The number of carbonyl (C=O) groups excluding carboxylic acids is 3. The second kappa shape index (κ2) is 10.1. The summed E-state index contributed by atoms with van der Waals surface area (Å²) < 4.78 is 0. The molecule has 2 aromatic carbocycles. The Balaban J connectivity index is 1.49. The molecule has 7 nitrogen and oxygen atoms in total. The van der Waals surface area contributed by atoms with Gasteiger partial charge in [-0.25, -0.2) is 4.79 Å². The molecular formula is C24H30N4O3. The van der Waals surface area contributed by atoms with Crippen molar-refractivity contribution < 1.29 is 14.4 Å². The summed E-state index contributed by atoms with van der Waals surface area (Å²) in [5.74, 6) is -0.0456. The molecule has 1 heterocycles. The van der Waals surface area contributed by atoms with Crippen LogP contribution >= 0.6 is 0 Å². The molecule has 0 radical (unpaired) electrons. The highest BCUT2D eigenvalue weighted by atomic mass is 16.2. The van der Waals surface area contributed by atoms with E-state index in [1.54, 1.807) is 4.90 Å². The predicted octanol–water partition coefficient (Wildman–Crippen LogP) is 3.11. The van der Waals surface area contributed by atoms with Gasteiger partial charge in [-0.2, -0.15) is 0 Å². The van der Waals surface area contributed by atoms with Crippen LogP contribution in [0.15, 0.2) is 48.5 Å². The number of piperazine rings is 1. The molecule has 31 heavy (non-hydrogen) atoms. The van der Waals surface area contributed by atoms with E-state index in [0.29, 0.717) is 38.3 Å². The number of nitrogens with one attached hydrogen (secondary N) is 2. The molecule has 4 amide bonds. The molecule has 1 atom stereocenters. The van der Waals surface area contributed by atoms with Gasteiger partial charge >= 0.3 is 6.03 Å². The quantitative estimate of drug-likeness (QED) is 0.777. The van der Waals surface area contributed by atoms with Crippen molar-refractivity contribution in [1.29, 1.82) is 0 Å². The van der Waals surface area contributed by atoms with Crippen LogP contribution in [0.3, 0.4) is 0 Å². The summed E-state index contributed by atoms with van der Waals surface area (Å²) in [6.45, 7) is 7.47. The monoisotopic (exact) mass is 422 g/mol. The first-order valence-corrected chi connectivity index (χ1v) is 10.6. The highest BCUT2D eigenvalue weighted by molar-refractivity contribution is 5.88. The molecule has 7 heteroatoms. The highest BCUT2D eigenvalue weighted by Crippen LogP contribution is 2.18. The lowest BCUT2D eigenvalue weighted by Gasteiger charge is -2.35. The molecule has 0 spiro atoms. The Bertz CT molecular complexity index is 934. The van der Waals surface area contributed by atoms with Gasteiger partial charge in [0.2, 0.25) is 11.8 Å². The van der Waals surface area contributed by atoms with Crippen molar-refractivity contribution in [2.24, 2.45) is 0 Å². The number of anilines is 1. The maximum atomic E-state index is 12.7. The Morgan fingerprint density at radius 1 is 0.968 bits per heavy atom. The molecule has 1 unspecified atom stereocenters. The van der Waals surface area contributed by atoms with Crippen LogP contribution < -0.4 is 10.6 Å². The van der Waals surface area contributed by atoms with E-state index in [-0.39, 0.29) is 23.9 Å². The van der Waals surface area contributed by atoms with Gasteiger partial charge in [0.25, 0.3) is 0 Å². The van der Waals surface area contributed by atoms with E-state index in [0.717, 1.165) is 11.1 Å². The number of carbonyl (C=O) groups is 3. The van der Waals surface area contributed by atoms with Crippen molar-refractivity contribution in [3.8, 4) is 0 Å². The lowest BCUT2D eigenvalue weighted by Crippen LogP contribution is -2.53. The number of hydrogen-bond acceptors (Lipinski definition) is 3. The summed E-state index contributed by atoms with van der Waals surface area (Å²) in [4.78, 5) is 40.1. The summed E-state index contributed by atoms with van der Waals surface area (Å²) in [6, 6.07) is 15.1. The summed E-state index contributed by atoms with van der Waals surface area (Å²) in [5, 5.41) is 5.76. The minimum atomic E-state index is -0.206. The number of urea groups is 1. The van der Waals surface area contributed by atoms with Gasteiger partial charge in [0.15, 0.2) is 0 Å². The van der Waals surface area contributed by atoms with Gasteiger partial charge in [0.05, 0.1) is 12.5 Å². The summed E-state index contributed by atoms with van der Waals surface area (Å²) in [6.07, 6.45) is 0.383. The Morgan fingerprint density at radius 2 is 1.61 bits per heavy atom. The molecule has 0 aliphatic carbocycles. The molecule has 3 rings (SSSR count). The highest BCUT2D eigenvalue weighted by Gasteiger charge is 2.25. The van der Waals surface area contributed by atoms with E-state index in [2.05, 4.69) is 10.6 Å². The van der Waals surface area contributed by atoms with E-state index in [9.17, 15) is 14.4 Å². The van der Waals surface area contributed by atoms with Gasteiger partial charge in [-0.3, -0.25) is 9.59 Å². The summed E-state index contributed by atoms with van der Waals surface area (Å²) in [5.41, 5.74) is 3.79. The lowest BCUT2D eigenvalue weighted by atomic mass is 10.1. The molecule has 0 aromatic heterocycles. The van der Waals surface area contributed by atoms with E-state index >= 15 is 0 Å². The minimum absolute atomic E-state index is 0.0899. The Hall–Kier alpha value is -3.35. The van der Waals surface area contributed by atoms with E-state index in [4.69, 9.17) is 0 Å². The van der Waals surface area contributed by atoms with Crippen LogP contribution in [-0.4, -0.2) is 53.8 Å². The van der Waals surface area contributed by atoms with Crippen LogP contribution in [0.1, 0.15) is 36.6 Å². The maximum Gasteiger partial charge on any atom is 0.317 e. The number of benzene rings is 2. The topological polar surface area (TPSA) is 81.8 Å². The van der Waals surface area contributed by atoms with Crippen molar-refractivity contribution in [2.75, 3.05) is 31.5 Å². The van der Waals surface area contributed by atoms with E-state index < -0.39 is 0 Å². The first-order valence-electron chi connectivity index (χ1n) is 10.6. The zero-order chi connectivity index (χ0) is 22.4. The number of aryl methyl sites for hydroxylation is 1. The average Bonchev–Trinajstić information content (AvgIpc) is 2.75. The van der Waals surface area contributed by atoms with Gasteiger partial charge in [-0.05, 0) is 37.1 Å². The molecule has 2 aromatic rings. The fourth-order valence-corrected chi connectivity index (χ4v) is 3.60. The third kappa shape index (κ3) is 6.31. The predicted molar refractivity (Wildman–Crippen MR) is 121 cm³/mol. The van der Waals surface area contributed by atoms with Crippen LogP contribution in [0.5, 0.6) is 0 Å². The first kappa shape index (κ1) is 22.3. The van der Waals surface area contributed by atoms with Gasteiger partial charge in [-0.15, -0.1) is 0 Å². The standard InChI is InChI=1S/C24H30N4O3/c1-17-7-9-20(10-8-17)15-23(30)27-11-13-28(14-12-27)24(31)25-18(2)21-5-4-6-22(16-21)26-19(3)29/h4-10,16,18H,11-15H2,1-3H3,(H,25,31)(H,26,29).